The van der Waals surface area contributed by atoms with Gasteiger partial charge in [-0.05, 0) is 19.3 Å². The molecule has 0 saturated heterocycles. The van der Waals surface area contributed by atoms with Crippen LogP contribution in [0.25, 0.3) is 0 Å². The van der Waals surface area contributed by atoms with E-state index in [1.54, 1.807) is 20.8 Å². The average molecular weight is 362 g/mol. The summed E-state index contributed by atoms with van der Waals surface area (Å²) in [6.07, 6.45) is 1.82. The number of aliphatic carboxylic acids is 2. The molecule has 0 bridgehead atoms. The van der Waals surface area contributed by atoms with Gasteiger partial charge in [-0.15, -0.1) is 0 Å². The Morgan fingerprint density at radius 3 is 1.60 bits per heavy atom. The molecule has 0 spiro atoms. The van der Waals surface area contributed by atoms with E-state index in [-0.39, 0.29) is 23.9 Å². The maximum atomic E-state index is 11.0. The average Bonchev–Trinajstić information content (AvgIpc) is 2.60. The lowest BCUT2D eigenvalue weighted by Crippen LogP contribution is -2.36. The van der Waals surface area contributed by atoms with E-state index in [0.29, 0.717) is 12.8 Å². The summed E-state index contributed by atoms with van der Waals surface area (Å²) in [7, 11) is 4.17. The standard InChI is InChI=1S/C8H16N2O3.C5H10O2.CHBO.H4N2/c1-3-6(8(12)13)4-5(2)7(11)10-9;1-3-4(2)5(6)7;2-1-3;1-2/h5-6H,3-4,9H2,1-2H3,(H,10,11)(H,12,13);4H,3H2,1-2H3,(H,6,7);1H;1-2H2. The molecule has 3 atom stereocenters. The zero-order valence-corrected chi connectivity index (χ0v) is 15.3. The minimum Gasteiger partial charge on any atom is -0.481 e. The fourth-order valence-electron chi connectivity index (χ4n) is 1.29. The number of carboxylic acid groups (broad SMARTS) is 2. The van der Waals surface area contributed by atoms with Crippen LogP contribution in [0.2, 0.25) is 0 Å². The second-order valence-electron chi connectivity index (χ2n) is 4.87. The summed E-state index contributed by atoms with van der Waals surface area (Å²) < 4.78 is 0. The minimum atomic E-state index is -0.862. The third-order valence-electron chi connectivity index (χ3n) is 3.10. The van der Waals surface area contributed by atoms with E-state index < -0.39 is 17.9 Å². The smallest absolute Gasteiger partial charge is 0.306 e. The molecule has 3 unspecified atom stereocenters. The lowest BCUT2D eigenvalue weighted by molar-refractivity contribution is -0.143. The molecule has 25 heavy (non-hydrogen) atoms. The first-order valence-electron chi connectivity index (χ1n) is 7.57. The van der Waals surface area contributed by atoms with E-state index in [1.807, 2.05) is 12.3 Å². The molecule has 2 radical (unpaired) electrons. The summed E-state index contributed by atoms with van der Waals surface area (Å²) in [5, 5.41) is 16.9. The van der Waals surface area contributed by atoms with E-state index in [4.69, 9.17) is 20.9 Å². The normalized spacial score (nSPS) is 12.1. The minimum absolute atomic E-state index is 0.181. The molecule has 0 heterocycles. The predicted molar refractivity (Wildman–Crippen MR) is 95.5 cm³/mol. The Balaban J connectivity index is -0.000000154. The highest BCUT2D eigenvalue weighted by atomic mass is 16.4. The van der Waals surface area contributed by atoms with E-state index in [2.05, 4.69) is 19.5 Å². The first-order valence-corrected chi connectivity index (χ1v) is 7.57. The summed E-state index contributed by atoms with van der Waals surface area (Å²) in [5.74, 6) is 10.0. The fraction of sp³-hybridized carbons (Fsp3) is 0.714. The van der Waals surface area contributed by atoms with Crippen LogP contribution in [-0.2, 0) is 19.2 Å². The quantitative estimate of drug-likeness (QED) is 0.112. The van der Waals surface area contributed by atoms with Crippen LogP contribution >= 0.6 is 0 Å². The lowest BCUT2D eigenvalue weighted by Gasteiger charge is -2.14. The monoisotopic (exact) mass is 362 g/mol. The van der Waals surface area contributed by atoms with Crippen molar-refractivity contribution >= 4 is 31.9 Å². The Labute approximate surface area is 149 Å². The van der Waals surface area contributed by atoms with Gasteiger partial charge in [0.25, 0.3) is 0 Å². The highest BCUT2D eigenvalue weighted by Crippen LogP contribution is 2.15. The van der Waals surface area contributed by atoms with Crippen LogP contribution in [0.5, 0.6) is 0 Å². The molecule has 0 aromatic rings. The first-order chi connectivity index (χ1) is 11.6. The number of hydrogen-bond donors (Lipinski definition) is 6. The lowest BCUT2D eigenvalue weighted by atomic mass is 9.93. The van der Waals surface area contributed by atoms with Crippen molar-refractivity contribution in [3.05, 3.63) is 0 Å². The first kappa shape index (κ1) is 30.9. The maximum absolute atomic E-state index is 11.0. The van der Waals surface area contributed by atoms with Crippen molar-refractivity contribution < 1.29 is 29.4 Å². The Morgan fingerprint density at radius 1 is 1.04 bits per heavy atom. The Bertz CT molecular complexity index is 371. The number of nitrogens with two attached hydrogens (primary N) is 3. The molecule has 146 valence electrons. The van der Waals surface area contributed by atoms with Crippen LogP contribution in [-0.4, -0.2) is 42.1 Å². The second-order valence-corrected chi connectivity index (χ2v) is 4.87. The molecule has 0 saturated carbocycles. The summed E-state index contributed by atoms with van der Waals surface area (Å²) >= 11 is 0. The zero-order valence-electron chi connectivity index (χ0n) is 15.3. The zero-order chi connectivity index (χ0) is 21.0. The van der Waals surface area contributed by atoms with Gasteiger partial charge in [0.2, 0.25) is 5.91 Å². The van der Waals surface area contributed by atoms with Gasteiger partial charge in [-0.3, -0.25) is 31.5 Å². The SMILES string of the molecule is CCC(C)C(=O)O.CCC(CC(C)C(=O)NN)C(=O)O.NN.[B]C=O. The van der Waals surface area contributed by atoms with Crippen LogP contribution in [0.3, 0.4) is 0 Å². The second kappa shape index (κ2) is 22.0. The molecule has 0 aliphatic rings. The molecule has 9 N–H and O–H groups in total. The van der Waals surface area contributed by atoms with E-state index in [1.165, 1.54) is 0 Å². The van der Waals surface area contributed by atoms with E-state index in [9.17, 15) is 14.4 Å². The Kier molecular flexibility index (Phi) is 27.2. The van der Waals surface area contributed by atoms with Gasteiger partial charge in [0, 0.05) is 5.92 Å². The molecule has 0 fully saturated rings. The molecule has 1 amide bonds. The number of rotatable bonds is 7. The molecular weight excluding hydrogens is 331 g/mol. The molecular formula is C14H31BN4O6. The molecule has 0 aromatic heterocycles. The number of hydrogen-bond acceptors (Lipinski definition) is 7. The molecule has 0 aliphatic carbocycles. The van der Waals surface area contributed by atoms with Crippen molar-refractivity contribution in [2.24, 2.45) is 35.3 Å². The highest BCUT2D eigenvalue weighted by molar-refractivity contribution is 6.48. The van der Waals surface area contributed by atoms with Crippen LogP contribution in [0, 0.1) is 17.8 Å². The molecule has 0 rings (SSSR count). The van der Waals surface area contributed by atoms with Gasteiger partial charge in [-0.2, -0.15) is 0 Å². The van der Waals surface area contributed by atoms with Crippen LogP contribution in [0.1, 0.15) is 47.0 Å². The number of amides is 1. The van der Waals surface area contributed by atoms with Crippen LogP contribution in [0.15, 0.2) is 0 Å². The number of carboxylic acids is 2. The van der Waals surface area contributed by atoms with Crippen molar-refractivity contribution in [1.29, 1.82) is 0 Å². The number of carbonyl (C=O) groups excluding carboxylic acids is 2. The summed E-state index contributed by atoms with van der Waals surface area (Å²) in [5.41, 5.74) is 2.00. The molecule has 0 aromatic carbocycles. The van der Waals surface area contributed by atoms with Crippen molar-refractivity contribution in [1.82, 2.24) is 5.43 Å². The third kappa shape index (κ3) is 22.0. The topological polar surface area (TPSA) is 199 Å². The van der Waals surface area contributed by atoms with Gasteiger partial charge in [-0.25, -0.2) is 5.84 Å². The number of nitrogens with one attached hydrogen (secondary N) is 1. The van der Waals surface area contributed by atoms with Gasteiger partial charge < -0.3 is 15.0 Å². The van der Waals surface area contributed by atoms with Gasteiger partial charge >= 0.3 is 11.9 Å². The maximum Gasteiger partial charge on any atom is 0.306 e. The van der Waals surface area contributed by atoms with Crippen molar-refractivity contribution in [2.45, 2.75) is 47.0 Å². The van der Waals surface area contributed by atoms with Crippen molar-refractivity contribution in [3.8, 4) is 0 Å². The Morgan fingerprint density at radius 2 is 1.44 bits per heavy atom. The van der Waals surface area contributed by atoms with Gasteiger partial charge in [0.1, 0.15) is 0 Å². The number of carbonyl (C=O) groups is 4. The van der Waals surface area contributed by atoms with Gasteiger partial charge in [0.15, 0.2) is 7.85 Å². The molecule has 11 heteroatoms. The molecule has 0 aliphatic heterocycles. The van der Waals surface area contributed by atoms with E-state index >= 15 is 0 Å². The number of hydrazine groups is 2. The van der Waals surface area contributed by atoms with Crippen LogP contribution < -0.4 is 23.0 Å². The summed E-state index contributed by atoms with van der Waals surface area (Å²) in [6.45, 7) is 7.00. The fourth-order valence-corrected chi connectivity index (χ4v) is 1.29. The summed E-state index contributed by atoms with van der Waals surface area (Å²) in [4.78, 5) is 40.1. The molecule has 10 nitrogen and oxygen atoms in total. The largest absolute Gasteiger partial charge is 0.481 e. The predicted octanol–water partition coefficient (Wildman–Crippen LogP) is -0.606. The van der Waals surface area contributed by atoms with Gasteiger partial charge in [0.05, 0.1) is 18.0 Å². The van der Waals surface area contributed by atoms with E-state index in [0.717, 1.165) is 6.42 Å². The van der Waals surface area contributed by atoms with Crippen molar-refractivity contribution in [3.63, 3.8) is 0 Å². The van der Waals surface area contributed by atoms with Crippen LogP contribution in [0.4, 0.5) is 0 Å². The van der Waals surface area contributed by atoms with Crippen molar-refractivity contribution in [2.75, 3.05) is 0 Å². The third-order valence-corrected chi connectivity index (χ3v) is 3.10. The Hall–Kier alpha value is -1.98. The van der Waals surface area contributed by atoms with Gasteiger partial charge in [-0.1, -0.05) is 27.7 Å². The highest BCUT2D eigenvalue weighted by Gasteiger charge is 2.21. The summed E-state index contributed by atoms with van der Waals surface area (Å²) in [6, 6.07) is 0.